The number of aromatic nitrogens is 20. The van der Waals surface area contributed by atoms with E-state index in [9.17, 15) is 0 Å². The summed E-state index contributed by atoms with van der Waals surface area (Å²) in [5.74, 6) is 10.7. The third-order valence-electron chi connectivity index (χ3n) is 23.3. The Balaban J connectivity index is 0.000000127. The fourth-order valence-electron chi connectivity index (χ4n) is 15.7. The third-order valence-corrected chi connectivity index (χ3v) is 23.3. The first-order valence-corrected chi connectivity index (χ1v) is 47.1. The van der Waals surface area contributed by atoms with Crippen LogP contribution in [0.5, 0.6) is 23.0 Å². The van der Waals surface area contributed by atoms with Crippen molar-refractivity contribution >= 4 is 0 Å². The number of pyridine rings is 6. The molecule has 30 heteroatoms. The van der Waals surface area contributed by atoms with E-state index >= 15 is 0 Å². The summed E-state index contributed by atoms with van der Waals surface area (Å²) in [5, 5.41) is 28.7. The zero-order chi connectivity index (χ0) is 97.2. The smallest absolute Gasteiger partial charge is 0.276 e. The van der Waals surface area contributed by atoms with Crippen LogP contribution in [0, 0.1) is 19.8 Å². The summed E-state index contributed by atoms with van der Waals surface area (Å²) < 4.78 is 57.2. The second-order valence-corrected chi connectivity index (χ2v) is 36.2. The summed E-state index contributed by atoms with van der Waals surface area (Å²) in [5.41, 5.74) is 18.2. The minimum Gasteiger partial charge on any atom is -0.493 e. The maximum atomic E-state index is 6.13. The first kappa shape index (κ1) is 97.8. The monoisotopic (exact) mass is 1860 g/mol. The molecule has 1 atom stereocenters. The number of ether oxygens (including phenoxy) is 4. The second kappa shape index (κ2) is 46.7. The molecule has 30 nitrogen and oxygen atoms in total. The van der Waals surface area contributed by atoms with Crippen LogP contribution < -0.4 is 18.9 Å². The van der Waals surface area contributed by atoms with Gasteiger partial charge in [-0.05, 0) is 276 Å². The molecule has 0 saturated heterocycles. The molecule has 0 spiro atoms. The molecule has 0 amide bonds. The van der Waals surface area contributed by atoms with E-state index in [1.54, 1.807) is 81.5 Å². The highest BCUT2D eigenvalue weighted by molar-refractivity contribution is 5.67. The van der Waals surface area contributed by atoms with Crippen molar-refractivity contribution in [2.45, 2.75) is 196 Å². The zero-order valence-corrected chi connectivity index (χ0v) is 81.2. The Bertz CT molecular complexity index is 6830. The molecule has 13 aromatic heterocycles. The van der Waals surface area contributed by atoms with E-state index < -0.39 is 0 Å². The molecule has 20 rings (SSSR count). The second-order valence-electron chi connectivity index (χ2n) is 36.2. The lowest BCUT2D eigenvalue weighted by Crippen LogP contribution is -2.16. The molecule has 2 aliphatic carbocycles. The van der Waals surface area contributed by atoms with Crippen LogP contribution in [-0.2, 0) is 23.8 Å². The van der Waals surface area contributed by atoms with Gasteiger partial charge < -0.3 is 46.1 Å². The van der Waals surface area contributed by atoms with Gasteiger partial charge in [-0.1, -0.05) is 148 Å². The molecular weight excluding hydrogens is 1750 g/mol. The largest absolute Gasteiger partial charge is 0.493 e. The van der Waals surface area contributed by atoms with Crippen molar-refractivity contribution in [2.24, 2.45) is 5.92 Å². The van der Waals surface area contributed by atoms with Crippen LogP contribution in [0.25, 0.3) is 126 Å². The van der Waals surface area contributed by atoms with E-state index in [1.165, 1.54) is 72.8 Å². The fraction of sp³-hybridized carbons (Fsp3) is 0.312. The maximum absolute atomic E-state index is 6.13. The number of aryl methyl sites for hydroxylation is 3. The van der Waals surface area contributed by atoms with Crippen LogP contribution in [-0.4, -0.2) is 127 Å². The number of methoxy groups -OCH3 is 1. The first-order valence-electron chi connectivity index (χ1n) is 47.1. The van der Waals surface area contributed by atoms with E-state index in [1.807, 2.05) is 148 Å². The predicted molar refractivity (Wildman–Crippen MR) is 531 cm³/mol. The van der Waals surface area contributed by atoms with Gasteiger partial charge in [-0.25, -0.2) is 0 Å². The molecule has 2 saturated carbocycles. The number of hydrogen-bond acceptors (Lipinski definition) is 29. The van der Waals surface area contributed by atoms with E-state index in [-0.39, 0.29) is 22.9 Å². The minimum atomic E-state index is 0.0456. The molecule has 2 fully saturated rings. The van der Waals surface area contributed by atoms with Gasteiger partial charge in [0.15, 0.2) is 23.0 Å². The molecule has 0 aliphatic heterocycles. The Hall–Kier alpha value is -15.8. The van der Waals surface area contributed by atoms with E-state index in [2.05, 4.69) is 225 Å². The SMILES string of the molecule is CC(C)(C)c1cc(-c2nc(-c3ccncc3)no2)cc(C(C)(C)C)c1.CC(C)Cc1ccc(C(C)c2nc(-c3ccncc3)no2)cc1.CCOc1ccc(-c2nc(-c3cncc(C)c3)no2)cc1OCC.CCn1nc(C)cc1-c1nc(-c2ccncc2)no1.COc1ccc(-c2nc(-c3ccncc3)no2)cc1OC1CCCC1.c1cc(-c2noc(-c3ccc(C4CCCCC4)cc3)n2)ccn1. The van der Waals surface area contributed by atoms with Gasteiger partial charge in [0.05, 0.1) is 38.0 Å². The summed E-state index contributed by atoms with van der Waals surface area (Å²) in [7, 11) is 1.64. The van der Waals surface area contributed by atoms with Gasteiger partial charge in [0.2, 0.25) is 40.8 Å². The summed E-state index contributed by atoms with van der Waals surface area (Å²) in [6.45, 7) is 31.5. The van der Waals surface area contributed by atoms with Gasteiger partial charge in [-0.2, -0.15) is 35.0 Å². The van der Waals surface area contributed by atoms with Gasteiger partial charge in [-0.15, -0.1) is 0 Å². The summed E-state index contributed by atoms with van der Waals surface area (Å²) in [4.78, 5) is 51.1. The van der Waals surface area contributed by atoms with Crippen LogP contribution in [0.2, 0.25) is 0 Å². The third kappa shape index (κ3) is 26.3. The topological polar surface area (TPSA) is 366 Å². The van der Waals surface area contributed by atoms with E-state index in [0.29, 0.717) is 113 Å². The molecule has 0 bridgehead atoms. The van der Waals surface area contributed by atoms with Crippen LogP contribution in [0.15, 0.2) is 277 Å². The molecule has 13 heterocycles. The normalized spacial score (nSPS) is 12.8. The maximum Gasteiger partial charge on any atom is 0.276 e. The first-order chi connectivity index (χ1) is 67.5. The highest BCUT2D eigenvalue weighted by atomic mass is 16.5. The highest BCUT2D eigenvalue weighted by Crippen LogP contribution is 2.41. The van der Waals surface area contributed by atoms with Crippen LogP contribution >= 0.6 is 0 Å². The van der Waals surface area contributed by atoms with Gasteiger partial charge >= 0.3 is 0 Å². The molecule has 1 unspecified atom stereocenters. The predicted octanol–water partition coefficient (Wildman–Crippen LogP) is 25.1. The average molecular weight is 1870 g/mol. The molecular formula is C109H116N20O10. The Labute approximate surface area is 808 Å². The zero-order valence-electron chi connectivity index (χ0n) is 81.2. The molecule has 712 valence electrons. The van der Waals surface area contributed by atoms with Crippen molar-refractivity contribution in [3.8, 4) is 149 Å². The Morgan fingerprint density at radius 1 is 0.374 bits per heavy atom. The van der Waals surface area contributed by atoms with E-state index in [0.717, 1.165) is 104 Å². The number of rotatable bonds is 24. The van der Waals surface area contributed by atoms with Crippen LogP contribution in [0.4, 0.5) is 0 Å². The van der Waals surface area contributed by atoms with Crippen molar-refractivity contribution in [1.29, 1.82) is 0 Å². The molecule has 5 aromatic carbocycles. The van der Waals surface area contributed by atoms with Gasteiger partial charge in [-0.3, -0.25) is 34.6 Å². The van der Waals surface area contributed by atoms with Gasteiger partial charge in [0, 0.05) is 137 Å². The van der Waals surface area contributed by atoms with Crippen molar-refractivity contribution < 1.29 is 46.1 Å². The fourth-order valence-corrected chi connectivity index (χ4v) is 15.7. The van der Waals surface area contributed by atoms with Gasteiger partial charge in [0.1, 0.15) is 5.69 Å². The Morgan fingerprint density at radius 3 is 1.25 bits per heavy atom. The molecule has 139 heavy (non-hydrogen) atoms. The van der Waals surface area contributed by atoms with Crippen LogP contribution in [0.1, 0.15) is 198 Å². The minimum absolute atomic E-state index is 0.0456. The summed E-state index contributed by atoms with van der Waals surface area (Å²) in [6.07, 6.45) is 33.3. The summed E-state index contributed by atoms with van der Waals surface area (Å²) >= 11 is 0. The van der Waals surface area contributed by atoms with Crippen LogP contribution in [0.3, 0.4) is 0 Å². The van der Waals surface area contributed by atoms with Crippen molar-refractivity contribution in [2.75, 3.05) is 20.3 Å². The van der Waals surface area contributed by atoms with Crippen molar-refractivity contribution in [3.05, 3.63) is 295 Å². The molecule has 0 radical (unpaired) electrons. The molecule has 0 N–H and O–H groups in total. The quantitative estimate of drug-likeness (QED) is 0.0542. The number of benzene rings is 5. The number of hydrogen-bond donors (Lipinski definition) is 0. The lowest BCUT2D eigenvalue weighted by atomic mass is 9.79. The lowest BCUT2D eigenvalue weighted by molar-refractivity contribution is 0.201. The average Bonchev–Trinajstić information content (AvgIpc) is 1.77. The van der Waals surface area contributed by atoms with Crippen molar-refractivity contribution in [1.82, 2.24) is 101 Å². The molecule has 2 aliphatic rings. The lowest BCUT2D eigenvalue weighted by Gasteiger charge is -2.25. The Kier molecular flexibility index (Phi) is 32.8. The van der Waals surface area contributed by atoms with Crippen molar-refractivity contribution in [3.63, 3.8) is 0 Å². The van der Waals surface area contributed by atoms with Gasteiger partial charge in [0.25, 0.3) is 29.5 Å². The highest BCUT2D eigenvalue weighted by Gasteiger charge is 2.27. The Morgan fingerprint density at radius 2 is 0.791 bits per heavy atom. The van der Waals surface area contributed by atoms with E-state index in [4.69, 9.17) is 46.1 Å². The summed E-state index contributed by atoms with van der Waals surface area (Å²) in [6, 6.07) is 57.6. The standard InChI is InChI=1S/C21H25N3O.C19H19N3O3.C19H19N3O.C19H21N3O.C18H19N3O3.C13H13N5O/c1-20(2,3)16-11-15(12-17(13-16)21(4,5)6)19-23-18(24-25-19)14-7-9-22-10-8-14;1-23-16-7-6-14(12-17(16)24-15-4-2-3-5-15)19-21-18(22-25-19)13-8-10-20-11-9-13;1-2-4-14(5-3-1)15-6-8-17(9-7-15)19-21-18(22-23-19)16-10-12-20-13-11-16;1-13(2)12-15-4-6-16(7-5-15)14(3)19-21-18(22-23-19)17-8-10-20-11-9-17;1-4-22-15-7-6-13(9-16(15)23-5-2)18-20-17(21-24-18)14-8-12(3)10-19-11-14;1-3-18-11(8-9(2)16-18)13-15-12(17-19-13)10-4-6-14-7-5-10/h7-13H,1-6H3;6-12,15H,2-5H2,1H3;6-14H,1-5H2;4-11,13-14H,12H2,1-3H3;6-11H,4-5H2,1-3H3;4-8H,3H2,1-2H3. The molecule has 18 aromatic rings. The number of nitrogens with zero attached hydrogens (tertiary/aromatic N) is 20.